The number of carbonyl (C=O) groups is 3. The first-order valence-electron chi connectivity index (χ1n) is 7.87. The lowest BCUT2D eigenvalue weighted by molar-refractivity contribution is -0.125. The van der Waals surface area contributed by atoms with Gasteiger partial charge < -0.3 is 9.64 Å². The lowest BCUT2D eigenvalue weighted by Crippen LogP contribution is -2.23. The number of hydrogen-bond acceptors (Lipinski definition) is 5. The van der Waals surface area contributed by atoms with E-state index in [1.165, 1.54) is 11.0 Å². The molecule has 0 saturated heterocycles. The molecule has 0 aliphatic heterocycles. The van der Waals surface area contributed by atoms with E-state index < -0.39 is 35.6 Å². The van der Waals surface area contributed by atoms with Gasteiger partial charge in [0, 0.05) is 19.0 Å². The molecule has 8 heteroatoms. The van der Waals surface area contributed by atoms with Crippen molar-refractivity contribution in [3.05, 3.63) is 65.2 Å². The van der Waals surface area contributed by atoms with Gasteiger partial charge in [0.15, 0.2) is 6.61 Å². The van der Waals surface area contributed by atoms with Gasteiger partial charge >= 0.3 is 5.97 Å². The molecule has 0 spiro atoms. The number of hydrogen-bond donors (Lipinski definition) is 0. The highest BCUT2D eigenvalue weighted by Crippen LogP contribution is 2.23. The highest BCUT2D eigenvalue weighted by molar-refractivity contribution is 8.00. The van der Waals surface area contributed by atoms with Crippen LogP contribution in [0.3, 0.4) is 0 Å². The Balaban J connectivity index is 2.04. The Morgan fingerprint density at radius 1 is 1.04 bits per heavy atom. The molecule has 0 atom stereocenters. The maximum absolute atomic E-state index is 13.6. The first-order valence-corrected chi connectivity index (χ1v) is 8.85. The van der Waals surface area contributed by atoms with Crippen molar-refractivity contribution in [2.24, 2.45) is 0 Å². The molecule has 0 aliphatic carbocycles. The van der Waals surface area contributed by atoms with E-state index in [0.717, 1.165) is 30.0 Å². The number of rotatable bonds is 7. The molecule has 5 nitrogen and oxygen atoms in total. The Kier molecular flexibility index (Phi) is 7.06. The predicted molar refractivity (Wildman–Crippen MR) is 96.8 cm³/mol. The van der Waals surface area contributed by atoms with E-state index in [1.54, 1.807) is 32.3 Å². The number of esters is 1. The molecule has 27 heavy (non-hydrogen) atoms. The Morgan fingerprint density at radius 3 is 2.44 bits per heavy atom. The highest BCUT2D eigenvalue weighted by atomic mass is 32.2. The molecule has 0 unspecified atom stereocenters. The molecule has 0 aromatic heterocycles. The molecule has 0 saturated carbocycles. The third-order valence-electron chi connectivity index (χ3n) is 3.52. The maximum Gasteiger partial charge on any atom is 0.339 e. The van der Waals surface area contributed by atoms with Crippen LogP contribution in [0.4, 0.5) is 8.78 Å². The number of ketones is 1. The molecule has 0 aliphatic rings. The fourth-order valence-electron chi connectivity index (χ4n) is 2.03. The zero-order valence-corrected chi connectivity index (χ0v) is 15.5. The third kappa shape index (κ3) is 5.62. The van der Waals surface area contributed by atoms with Gasteiger partial charge in [-0.3, -0.25) is 9.59 Å². The lowest BCUT2D eigenvalue weighted by Gasteiger charge is -2.12. The van der Waals surface area contributed by atoms with Crippen LogP contribution in [0.5, 0.6) is 0 Å². The number of thioether (sulfide) groups is 1. The number of halogens is 2. The molecular formula is C19H17F2NO4S. The van der Waals surface area contributed by atoms with E-state index in [4.69, 9.17) is 4.74 Å². The van der Waals surface area contributed by atoms with Crippen LogP contribution in [0.25, 0.3) is 0 Å². The summed E-state index contributed by atoms with van der Waals surface area (Å²) >= 11 is 1.16. The van der Waals surface area contributed by atoms with Crippen LogP contribution in [-0.2, 0) is 9.53 Å². The van der Waals surface area contributed by atoms with Gasteiger partial charge in [-0.25, -0.2) is 13.6 Å². The van der Waals surface area contributed by atoms with Crippen molar-refractivity contribution < 1.29 is 27.9 Å². The molecule has 142 valence electrons. The van der Waals surface area contributed by atoms with Gasteiger partial charge in [0.05, 0.1) is 16.9 Å². The summed E-state index contributed by atoms with van der Waals surface area (Å²) in [4.78, 5) is 37.9. The van der Waals surface area contributed by atoms with Crippen molar-refractivity contribution >= 4 is 29.4 Å². The zero-order chi connectivity index (χ0) is 20.0. The first kappa shape index (κ1) is 20.6. The van der Waals surface area contributed by atoms with E-state index in [0.29, 0.717) is 4.90 Å². The number of nitrogens with zero attached hydrogens (tertiary/aromatic N) is 1. The summed E-state index contributed by atoms with van der Waals surface area (Å²) in [7, 11) is 3.25. The minimum Gasteiger partial charge on any atom is -0.454 e. The molecule has 0 radical (unpaired) electrons. The molecule has 2 aromatic rings. The Bertz CT molecular complexity index is 871. The van der Waals surface area contributed by atoms with Crippen molar-refractivity contribution in [2.45, 2.75) is 4.90 Å². The second-order valence-corrected chi connectivity index (χ2v) is 6.71. The zero-order valence-electron chi connectivity index (χ0n) is 14.7. The average Bonchev–Trinajstić information content (AvgIpc) is 2.65. The smallest absolute Gasteiger partial charge is 0.339 e. The third-order valence-corrected chi connectivity index (χ3v) is 4.58. The molecule has 2 rings (SSSR count). The normalized spacial score (nSPS) is 10.4. The summed E-state index contributed by atoms with van der Waals surface area (Å²) in [5.74, 6) is -3.30. The number of amides is 1. The van der Waals surface area contributed by atoms with Gasteiger partial charge in [-0.05, 0) is 30.3 Å². The minimum absolute atomic E-state index is 0.125. The van der Waals surface area contributed by atoms with Crippen LogP contribution < -0.4 is 0 Å². The van der Waals surface area contributed by atoms with Gasteiger partial charge in [-0.2, -0.15) is 0 Å². The van der Waals surface area contributed by atoms with Crippen molar-refractivity contribution in [3.8, 4) is 0 Å². The van der Waals surface area contributed by atoms with Crippen molar-refractivity contribution in [1.82, 2.24) is 4.90 Å². The monoisotopic (exact) mass is 393 g/mol. The van der Waals surface area contributed by atoms with Gasteiger partial charge in [0.1, 0.15) is 11.6 Å². The van der Waals surface area contributed by atoms with E-state index in [-0.39, 0.29) is 17.2 Å². The molecular weight excluding hydrogens is 376 g/mol. The fraction of sp³-hybridized carbons (Fsp3) is 0.211. The fourth-order valence-corrected chi connectivity index (χ4v) is 3.05. The van der Waals surface area contributed by atoms with E-state index >= 15 is 0 Å². The molecule has 0 heterocycles. The Hall–Kier alpha value is -2.74. The summed E-state index contributed by atoms with van der Waals surface area (Å²) in [5, 5.41) is 0. The summed E-state index contributed by atoms with van der Waals surface area (Å²) in [6.45, 7) is -0.727. The standard InChI is InChI=1S/C19H17F2NO4S/c1-22(2)18(24)11-27-17-6-4-3-5-13(17)19(25)26-10-16(23)14-9-12(20)7-8-15(14)21/h3-9H,10-11H2,1-2H3. The second kappa shape index (κ2) is 9.27. The van der Waals surface area contributed by atoms with Crippen LogP contribution in [0.15, 0.2) is 47.4 Å². The number of benzene rings is 2. The summed E-state index contributed by atoms with van der Waals surface area (Å²) in [6.07, 6.45) is 0. The Labute approximate surface area is 159 Å². The number of carbonyl (C=O) groups excluding carboxylic acids is 3. The van der Waals surface area contributed by atoms with E-state index in [2.05, 4.69) is 0 Å². The molecule has 1 amide bonds. The van der Waals surface area contributed by atoms with Crippen LogP contribution >= 0.6 is 11.8 Å². The highest BCUT2D eigenvalue weighted by Gasteiger charge is 2.18. The largest absolute Gasteiger partial charge is 0.454 e. The predicted octanol–water partition coefficient (Wildman–Crippen LogP) is 3.18. The first-order chi connectivity index (χ1) is 12.8. The second-order valence-electron chi connectivity index (χ2n) is 5.70. The summed E-state index contributed by atoms with van der Waals surface area (Å²) in [6, 6.07) is 8.94. The molecule has 0 fully saturated rings. The van der Waals surface area contributed by atoms with Crippen molar-refractivity contribution in [1.29, 1.82) is 0 Å². The van der Waals surface area contributed by atoms with E-state index in [1.807, 2.05) is 0 Å². The number of ether oxygens (including phenoxy) is 1. The maximum atomic E-state index is 13.6. The topological polar surface area (TPSA) is 63.7 Å². The number of Topliss-reactive ketones (excluding diaryl/α,β-unsaturated/α-hetero) is 1. The molecule has 0 bridgehead atoms. The van der Waals surface area contributed by atoms with Crippen molar-refractivity contribution in [3.63, 3.8) is 0 Å². The SMILES string of the molecule is CN(C)C(=O)CSc1ccccc1C(=O)OCC(=O)c1cc(F)ccc1F. The van der Waals surface area contributed by atoms with Gasteiger partial charge in [0.25, 0.3) is 0 Å². The van der Waals surface area contributed by atoms with Gasteiger partial charge in [0.2, 0.25) is 11.7 Å². The average molecular weight is 393 g/mol. The lowest BCUT2D eigenvalue weighted by atomic mass is 10.1. The van der Waals surface area contributed by atoms with Crippen LogP contribution in [0.2, 0.25) is 0 Å². The quantitative estimate of drug-likeness (QED) is 0.411. The van der Waals surface area contributed by atoms with Crippen LogP contribution in [-0.4, -0.2) is 49.0 Å². The molecule has 2 aromatic carbocycles. The van der Waals surface area contributed by atoms with Crippen LogP contribution in [0, 0.1) is 11.6 Å². The molecule has 0 N–H and O–H groups in total. The van der Waals surface area contributed by atoms with Gasteiger partial charge in [-0.15, -0.1) is 11.8 Å². The summed E-state index contributed by atoms with van der Waals surface area (Å²) in [5.41, 5.74) is -0.302. The van der Waals surface area contributed by atoms with Gasteiger partial charge in [-0.1, -0.05) is 12.1 Å². The Morgan fingerprint density at radius 2 is 1.74 bits per heavy atom. The van der Waals surface area contributed by atoms with Crippen molar-refractivity contribution in [2.75, 3.05) is 26.5 Å². The summed E-state index contributed by atoms with van der Waals surface area (Å²) < 4.78 is 31.7. The van der Waals surface area contributed by atoms with Crippen LogP contribution in [0.1, 0.15) is 20.7 Å². The van der Waals surface area contributed by atoms with E-state index in [9.17, 15) is 23.2 Å². The minimum atomic E-state index is -0.893.